The number of epoxide rings is 1. The maximum Gasteiger partial charge on any atom is 0.444 e. The summed E-state index contributed by atoms with van der Waals surface area (Å²) >= 11 is 11.2. The molecule has 120 valence electrons. The number of alkyl halides is 5. The van der Waals surface area contributed by atoms with Gasteiger partial charge in [0.2, 0.25) is 0 Å². The Kier molecular flexibility index (Phi) is 4.08. The Morgan fingerprint density at radius 3 is 2.41 bits per heavy atom. The first-order valence-electron chi connectivity index (χ1n) is 6.78. The van der Waals surface area contributed by atoms with E-state index in [1.807, 2.05) is 6.08 Å². The molecule has 0 bridgehead atoms. The van der Waals surface area contributed by atoms with E-state index in [-0.39, 0.29) is 11.9 Å². The van der Waals surface area contributed by atoms with Crippen molar-refractivity contribution in [3.63, 3.8) is 0 Å². The third-order valence-electron chi connectivity index (χ3n) is 3.56. The van der Waals surface area contributed by atoms with Crippen molar-refractivity contribution in [2.24, 2.45) is 0 Å². The molecular formula is C15H13Cl2F3O2. The predicted molar refractivity (Wildman–Crippen MR) is 78.3 cm³/mol. The van der Waals surface area contributed by atoms with Crippen LogP contribution in [0.4, 0.5) is 13.2 Å². The van der Waals surface area contributed by atoms with E-state index in [0.717, 1.165) is 24.0 Å². The van der Waals surface area contributed by atoms with Crippen molar-refractivity contribution in [3.05, 3.63) is 35.9 Å². The molecule has 1 aliphatic heterocycles. The van der Waals surface area contributed by atoms with Crippen LogP contribution in [0, 0.1) is 0 Å². The van der Waals surface area contributed by atoms with E-state index in [0.29, 0.717) is 6.61 Å². The van der Waals surface area contributed by atoms with Crippen molar-refractivity contribution in [2.45, 2.75) is 35.6 Å². The Hall–Kier alpha value is -0.910. The van der Waals surface area contributed by atoms with Gasteiger partial charge in [0.1, 0.15) is 5.75 Å². The minimum Gasteiger partial charge on any atom is -0.429 e. The van der Waals surface area contributed by atoms with Crippen LogP contribution >= 0.6 is 23.2 Å². The van der Waals surface area contributed by atoms with Crippen molar-refractivity contribution in [1.82, 2.24) is 0 Å². The third-order valence-corrected chi connectivity index (χ3v) is 4.39. The summed E-state index contributed by atoms with van der Waals surface area (Å²) in [5.41, 5.74) is -1.18. The molecule has 2 atom stereocenters. The van der Waals surface area contributed by atoms with Crippen molar-refractivity contribution in [3.8, 4) is 5.75 Å². The van der Waals surface area contributed by atoms with Crippen LogP contribution in [-0.2, 0) is 4.74 Å². The second kappa shape index (κ2) is 5.62. The van der Waals surface area contributed by atoms with Crippen molar-refractivity contribution in [1.29, 1.82) is 0 Å². The number of ether oxygens (including phenoxy) is 2. The molecule has 3 rings (SSSR count). The van der Waals surface area contributed by atoms with Gasteiger partial charge in [-0.2, -0.15) is 8.78 Å². The highest BCUT2D eigenvalue weighted by Gasteiger charge is 2.46. The molecule has 2 nitrogen and oxygen atoms in total. The molecule has 1 aromatic rings. The minimum absolute atomic E-state index is 0.0648. The lowest BCUT2D eigenvalue weighted by molar-refractivity contribution is -0.199. The molecule has 1 heterocycles. The van der Waals surface area contributed by atoms with Crippen LogP contribution in [0.3, 0.4) is 0 Å². The van der Waals surface area contributed by atoms with Crippen molar-refractivity contribution in [2.75, 3.05) is 6.61 Å². The highest BCUT2D eigenvalue weighted by Crippen LogP contribution is 2.53. The second-order valence-corrected chi connectivity index (χ2v) is 6.51. The summed E-state index contributed by atoms with van der Waals surface area (Å²) in [6.07, 6.45) is -0.331. The quantitative estimate of drug-likeness (QED) is 0.544. The molecule has 1 saturated carbocycles. The number of halogens is 5. The summed E-state index contributed by atoms with van der Waals surface area (Å²) in [7, 11) is 0. The largest absolute Gasteiger partial charge is 0.444 e. The summed E-state index contributed by atoms with van der Waals surface area (Å²) in [6.45, 7) is 0.664. The average Bonchev–Trinajstić information content (AvgIpc) is 3.35. The number of rotatable bonds is 6. The number of hydrogen-bond acceptors (Lipinski definition) is 2. The normalized spacial score (nSPS) is 24.8. The Morgan fingerprint density at radius 1 is 1.36 bits per heavy atom. The van der Waals surface area contributed by atoms with Crippen LogP contribution in [-0.4, -0.2) is 29.3 Å². The lowest BCUT2D eigenvalue weighted by atomic mass is 9.99. The fourth-order valence-electron chi connectivity index (χ4n) is 2.13. The lowest BCUT2D eigenvalue weighted by Crippen LogP contribution is -2.32. The van der Waals surface area contributed by atoms with Gasteiger partial charge in [-0.05, 0) is 42.2 Å². The highest BCUT2D eigenvalue weighted by molar-refractivity contribution is 6.32. The summed E-state index contributed by atoms with van der Waals surface area (Å²) in [6, 6.07) is 5.91. The van der Waals surface area contributed by atoms with Crippen LogP contribution in [0.25, 0.3) is 5.57 Å². The van der Waals surface area contributed by atoms with E-state index in [1.54, 1.807) is 12.1 Å². The molecular weight excluding hydrogens is 340 g/mol. The van der Waals surface area contributed by atoms with E-state index in [9.17, 15) is 13.2 Å². The highest BCUT2D eigenvalue weighted by atomic mass is 35.5. The third kappa shape index (κ3) is 3.53. The summed E-state index contributed by atoms with van der Waals surface area (Å²) in [4.78, 5) is -0.404. The van der Waals surface area contributed by atoms with Crippen molar-refractivity contribution >= 4 is 28.8 Å². The Bertz CT molecular complexity index is 579. The van der Waals surface area contributed by atoms with E-state index in [2.05, 4.69) is 4.74 Å². The smallest absolute Gasteiger partial charge is 0.429 e. The summed E-state index contributed by atoms with van der Waals surface area (Å²) in [5.74, 6) is -0.168. The molecule has 0 aromatic heterocycles. The van der Waals surface area contributed by atoms with E-state index in [4.69, 9.17) is 27.9 Å². The number of benzene rings is 1. The molecule has 2 unspecified atom stereocenters. The maximum absolute atomic E-state index is 13.1. The van der Waals surface area contributed by atoms with Gasteiger partial charge in [-0.25, -0.2) is 4.39 Å². The predicted octanol–water partition coefficient (Wildman–Crippen LogP) is 4.75. The minimum atomic E-state index is -4.08. The molecule has 1 aliphatic carbocycles. The Balaban J connectivity index is 1.78. The average molecular weight is 353 g/mol. The molecule has 22 heavy (non-hydrogen) atoms. The zero-order valence-electron chi connectivity index (χ0n) is 11.4. The summed E-state index contributed by atoms with van der Waals surface area (Å²) < 4.78 is 48.2. The van der Waals surface area contributed by atoms with Crippen LogP contribution in [0.15, 0.2) is 30.3 Å². The van der Waals surface area contributed by atoms with Gasteiger partial charge in [-0.15, -0.1) is 11.6 Å². The standard InChI is InChI=1S/C15H13Cl2F3O2/c16-13(18)15(19,20)22-10-3-1-9(2-4-10)12(7-11-8-21-11)14(17)5-6-14/h1-4,7,11,13H,5-6,8H2/b12-7-. The zero-order valence-corrected chi connectivity index (χ0v) is 12.9. The zero-order chi connectivity index (χ0) is 16.0. The Labute approximate surface area is 135 Å². The van der Waals surface area contributed by atoms with Crippen LogP contribution < -0.4 is 4.74 Å². The molecule has 0 amide bonds. The first-order valence-corrected chi connectivity index (χ1v) is 7.60. The second-order valence-electron chi connectivity index (χ2n) is 5.41. The first kappa shape index (κ1) is 16.0. The number of allylic oxidation sites excluding steroid dienone is 1. The van der Waals surface area contributed by atoms with Crippen LogP contribution in [0.1, 0.15) is 18.4 Å². The van der Waals surface area contributed by atoms with Gasteiger partial charge in [-0.3, -0.25) is 0 Å². The molecule has 7 heteroatoms. The number of hydrogen-bond donors (Lipinski definition) is 0. The van der Waals surface area contributed by atoms with Gasteiger partial charge in [0.25, 0.3) is 5.63 Å². The molecule has 0 N–H and O–H groups in total. The fraction of sp³-hybridized carbons (Fsp3) is 0.467. The molecule has 0 spiro atoms. The monoisotopic (exact) mass is 352 g/mol. The van der Waals surface area contributed by atoms with E-state index >= 15 is 0 Å². The van der Waals surface area contributed by atoms with E-state index in [1.165, 1.54) is 12.1 Å². The first-order chi connectivity index (χ1) is 10.3. The summed E-state index contributed by atoms with van der Waals surface area (Å²) in [5, 5.41) is 0. The van der Waals surface area contributed by atoms with Gasteiger partial charge in [0, 0.05) is 0 Å². The van der Waals surface area contributed by atoms with Gasteiger partial charge in [0.15, 0.2) is 0 Å². The lowest BCUT2D eigenvalue weighted by Gasteiger charge is -2.18. The molecule has 1 saturated heterocycles. The topological polar surface area (TPSA) is 21.8 Å². The maximum atomic E-state index is 13.1. The fourth-order valence-corrected chi connectivity index (χ4v) is 2.44. The van der Waals surface area contributed by atoms with E-state index < -0.39 is 16.6 Å². The van der Waals surface area contributed by atoms with Crippen LogP contribution in [0.2, 0.25) is 0 Å². The van der Waals surface area contributed by atoms with Crippen molar-refractivity contribution < 1.29 is 22.6 Å². The molecule has 2 aliphatic rings. The molecule has 0 radical (unpaired) electrons. The SMILES string of the molecule is FC(Cl)C(F)(F)Oc1ccc(/C(=C/C2CO2)C2(Cl)CC2)cc1. The van der Waals surface area contributed by atoms with Gasteiger partial charge < -0.3 is 9.47 Å². The van der Waals surface area contributed by atoms with Gasteiger partial charge in [0.05, 0.1) is 17.6 Å². The molecule has 1 aromatic carbocycles. The van der Waals surface area contributed by atoms with Gasteiger partial charge in [-0.1, -0.05) is 23.7 Å². The van der Waals surface area contributed by atoms with Crippen LogP contribution in [0.5, 0.6) is 5.75 Å². The molecule has 2 fully saturated rings. The van der Waals surface area contributed by atoms with Gasteiger partial charge >= 0.3 is 6.11 Å². The Morgan fingerprint density at radius 2 is 1.95 bits per heavy atom.